The molecule has 1 amide bonds. The van der Waals surface area contributed by atoms with Crippen molar-refractivity contribution in [2.45, 2.75) is 13.0 Å². The largest absolute Gasteiger partial charge is 0.394 e. The number of nitrogens with zero attached hydrogens (tertiary/aromatic N) is 1. The Balaban J connectivity index is 3.18. The van der Waals surface area contributed by atoms with Crippen molar-refractivity contribution < 1.29 is 19.2 Å². The summed E-state index contributed by atoms with van der Waals surface area (Å²) in [6.45, 7) is 1.19. The highest BCUT2D eigenvalue weighted by Crippen LogP contribution is 2.26. The molecule has 1 atom stereocenters. The van der Waals surface area contributed by atoms with Crippen LogP contribution >= 0.6 is 15.9 Å². The van der Waals surface area contributed by atoms with Crippen molar-refractivity contribution in [1.29, 1.82) is 0 Å². The van der Waals surface area contributed by atoms with E-state index in [1.165, 1.54) is 6.92 Å². The Labute approximate surface area is 110 Å². The Morgan fingerprint density at radius 3 is 2.78 bits per heavy atom. The van der Waals surface area contributed by atoms with E-state index in [1.54, 1.807) is 0 Å². The lowest BCUT2D eigenvalue weighted by Gasteiger charge is -2.11. The van der Waals surface area contributed by atoms with Gasteiger partial charge in [-0.1, -0.05) is 0 Å². The van der Waals surface area contributed by atoms with E-state index in [1.807, 2.05) is 0 Å². The normalized spacial score (nSPS) is 12.0. The third kappa shape index (κ3) is 3.23. The van der Waals surface area contributed by atoms with Crippen LogP contribution in [0.15, 0.2) is 16.6 Å². The molecule has 0 fully saturated rings. The summed E-state index contributed by atoms with van der Waals surface area (Å²) in [5.41, 5.74) is -0.896. The fraction of sp³-hybridized carbons (Fsp3) is 0.300. The van der Waals surface area contributed by atoms with Crippen LogP contribution in [0.4, 0.5) is 10.1 Å². The lowest BCUT2D eigenvalue weighted by Crippen LogP contribution is -2.35. The first-order valence-corrected chi connectivity index (χ1v) is 5.71. The quantitative estimate of drug-likeness (QED) is 0.651. The number of aliphatic hydroxyl groups is 1. The minimum Gasteiger partial charge on any atom is -0.394 e. The van der Waals surface area contributed by atoms with Gasteiger partial charge >= 0.3 is 0 Å². The molecule has 8 heteroatoms. The first-order chi connectivity index (χ1) is 8.36. The van der Waals surface area contributed by atoms with Crippen LogP contribution in [0.1, 0.15) is 17.3 Å². The third-order valence-electron chi connectivity index (χ3n) is 2.13. The molecule has 0 unspecified atom stereocenters. The maximum Gasteiger partial charge on any atom is 0.283 e. The highest BCUT2D eigenvalue weighted by Gasteiger charge is 2.23. The maximum absolute atomic E-state index is 13.3. The number of nitro benzene ring substituents is 1. The van der Waals surface area contributed by atoms with Gasteiger partial charge in [0.25, 0.3) is 11.6 Å². The number of carbonyl (C=O) groups excluding carboxylic acids is 1. The SMILES string of the molecule is C[C@H](CO)NC(=O)c1cc(F)c(Br)cc1[N+](=O)[O-]. The van der Waals surface area contributed by atoms with E-state index in [-0.39, 0.29) is 16.6 Å². The molecule has 1 aromatic rings. The zero-order valence-corrected chi connectivity index (χ0v) is 10.9. The van der Waals surface area contributed by atoms with E-state index >= 15 is 0 Å². The van der Waals surface area contributed by atoms with Crippen LogP contribution in [-0.2, 0) is 0 Å². The number of hydrogen-bond acceptors (Lipinski definition) is 4. The summed E-state index contributed by atoms with van der Waals surface area (Å²) < 4.78 is 13.2. The average Bonchev–Trinajstić information content (AvgIpc) is 2.31. The molecule has 98 valence electrons. The number of nitrogens with one attached hydrogen (secondary N) is 1. The minimum absolute atomic E-state index is 0.0963. The minimum atomic E-state index is -0.811. The summed E-state index contributed by atoms with van der Waals surface area (Å²) in [4.78, 5) is 21.7. The number of rotatable bonds is 4. The number of aliphatic hydroxyl groups excluding tert-OH is 1. The first-order valence-electron chi connectivity index (χ1n) is 4.92. The van der Waals surface area contributed by atoms with Gasteiger partial charge in [-0.25, -0.2) is 4.39 Å². The van der Waals surface area contributed by atoms with Gasteiger partial charge in [-0.05, 0) is 28.9 Å². The molecule has 1 aromatic carbocycles. The van der Waals surface area contributed by atoms with Crippen molar-refractivity contribution in [3.8, 4) is 0 Å². The predicted octanol–water partition coefficient (Wildman–Crippen LogP) is 1.61. The Kier molecular flexibility index (Phi) is 4.74. The van der Waals surface area contributed by atoms with Crippen LogP contribution < -0.4 is 5.32 Å². The summed E-state index contributed by atoms with van der Waals surface area (Å²) in [7, 11) is 0. The molecule has 6 nitrogen and oxygen atoms in total. The third-order valence-corrected chi connectivity index (χ3v) is 2.74. The van der Waals surface area contributed by atoms with Crippen molar-refractivity contribution in [3.63, 3.8) is 0 Å². The molecule has 0 spiro atoms. The first kappa shape index (κ1) is 14.5. The molecule has 1 rings (SSSR count). The molecular weight excluding hydrogens is 311 g/mol. The molecule has 0 heterocycles. The molecule has 2 N–H and O–H groups in total. The van der Waals surface area contributed by atoms with Crippen LogP contribution in [0, 0.1) is 15.9 Å². The zero-order chi connectivity index (χ0) is 13.9. The second kappa shape index (κ2) is 5.87. The van der Waals surface area contributed by atoms with Gasteiger partial charge in [0.2, 0.25) is 0 Å². The number of benzene rings is 1. The fourth-order valence-electron chi connectivity index (χ4n) is 1.22. The van der Waals surface area contributed by atoms with Gasteiger partial charge in [0.1, 0.15) is 11.4 Å². The Morgan fingerprint density at radius 1 is 1.67 bits per heavy atom. The highest BCUT2D eigenvalue weighted by atomic mass is 79.9. The summed E-state index contributed by atoms with van der Waals surface area (Å²) in [6.07, 6.45) is 0. The lowest BCUT2D eigenvalue weighted by atomic mass is 10.1. The van der Waals surface area contributed by atoms with Crippen molar-refractivity contribution >= 4 is 27.5 Å². The van der Waals surface area contributed by atoms with Crippen molar-refractivity contribution in [1.82, 2.24) is 5.32 Å². The fourth-order valence-corrected chi connectivity index (χ4v) is 1.55. The van der Waals surface area contributed by atoms with Crippen LogP contribution in [0.5, 0.6) is 0 Å². The van der Waals surface area contributed by atoms with Crippen molar-refractivity contribution in [2.24, 2.45) is 0 Å². The molecule has 0 saturated carbocycles. The number of hydrogen-bond donors (Lipinski definition) is 2. The molecule has 0 aromatic heterocycles. The second-order valence-corrected chi connectivity index (χ2v) is 4.45. The summed E-state index contributed by atoms with van der Waals surface area (Å²) in [5.74, 6) is -1.59. The van der Waals surface area contributed by atoms with Gasteiger partial charge in [-0.15, -0.1) is 0 Å². The summed E-state index contributed by atoms with van der Waals surface area (Å²) in [6, 6.07) is 1.12. The van der Waals surface area contributed by atoms with Crippen LogP contribution in [-0.4, -0.2) is 28.6 Å². The number of amides is 1. The standard InChI is InChI=1S/C10H10BrFN2O4/c1-5(4-15)13-10(16)6-2-8(12)7(11)3-9(6)14(17)18/h2-3,5,15H,4H2,1H3,(H,13,16)/t5-/m1/s1. The zero-order valence-electron chi connectivity index (χ0n) is 9.31. The van der Waals surface area contributed by atoms with E-state index in [0.29, 0.717) is 0 Å². The number of nitro groups is 1. The highest BCUT2D eigenvalue weighted by molar-refractivity contribution is 9.10. The van der Waals surface area contributed by atoms with E-state index in [2.05, 4.69) is 21.2 Å². The van der Waals surface area contributed by atoms with Gasteiger partial charge in [0, 0.05) is 12.1 Å². The van der Waals surface area contributed by atoms with Gasteiger partial charge < -0.3 is 10.4 Å². The number of carbonyl (C=O) groups is 1. The molecule has 0 bridgehead atoms. The van der Waals surface area contributed by atoms with Crippen molar-refractivity contribution in [2.75, 3.05) is 6.61 Å². The molecule has 0 aliphatic heterocycles. The van der Waals surface area contributed by atoms with E-state index in [0.717, 1.165) is 12.1 Å². The van der Waals surface area contributed by atoms with Crippen LogP contribution in [0.3, 0.4) is 0 Å². The lowest BCUT2D eigenvalue weighted by molar-refractivity contribution is -0.385. The van der Waals surface area contributed by atoms with Gasteiger partial charge in [0.05, 0.1) is 16.0 Å². The second-order valence-electron chi connectivity index (χ2n) is 3.60. The Hall–Kier alpha value is -1.54. The van der Waals surface area contributed by atoms with Crippen LogP contribution in [0.2, 0.25) is 0 Å². The predicted molar refractivity (Wildman–Crippen MR) is 64.8 cm³/mol. The van der Waals surface area contributed by atoms with E-state index < -0.39 is 28.4 Å². The number of halogens is 2. The summed E-state index contributed by atoms with van der Waals surface area (Å²) >= 11 is 2.81. The Morgan fingerprint density at radius 2 is 2.28 bits per heavy atom. The van der Waals surface area contributed by atoms with Crippen LogP contribution in [0.25, 0.3) is 0 Å². The molecule has 0 aliphatic carbocycles. The molecule has 18 heavy (non-hydrogen) atoms. The van der Waals surface area contributed by atoms with Crippen molar-refractivity contribution in [3.05, 3.63) is 38.1 Å². The van der Waals surface area contributed by atoms with Gasteiger partial charge in [0.15, 0.2) is 0 Å². The molecule has 0 aliphatic rings. The molecular formula is C10H10BrFN2O4. The van der Waals surface area contributed by atoms with E-state index in [9.17, 15) is 19.3 Å². The maximum atomic E-state index is 13.3. The summed E-state index contributed by atoms with van der Waals surface area (Å²) in [5, 5.41) is 21.9. The van der Waals surface area contributed by atoms with Gasteiger partial charge in [-0.2, -0.15) is 0 Å². The smallest absolute Gasteiger partial charge is 0.283 e. The topological polar surface area (TPSA) is 92.5 Å². The molecule has 0 saturated heterocycles. The molecule has 0 radical (unpaired) electrons. The average molecular weight is 321 g/mol. The Bertz CT molecular complexity index is 495. The van der Waals surface area contributed by atoms with Gasteiger partial charge in [-0.3, -0.25) is 14.9 Å². The monoisotopic (exact) mass is 320 g/mol. The van der Waals surface area contributed by atoms with E-state index in [4.69, 9.17) is 5.11 Å².